The van der Waals surface area contributed by atoms with Gasteiger partial charge in [-0.25, -0.2) is 0 Å². The Balaban J connectivity index is 2.16. The quantitative estimate of drug-likeness (QED) is 0.631. The van der Waals surface area contributed by atoms with E-state index in [1.165, 1.54) is 12.3 Å². The zero-order chi connectivity index (χ0) is 24.1. The molecule has 2 aromatic carbocycles. The van der Waals surface area contributed by atoms with Crippen molar-refractivity contribution in [3.05, 3.63) is 76.0 Å². The smallest absolute Gasteiger partial charge is 0.254 e. The summed E-state index contributed by atoms with van der Waals surface area (Å²) < 4.78 is 0. The fraction of sp³-hybridized carbons (Fsp3) is 0.280. The zero-order valence-electron chi connectivity index (χ0n) is 18.7. The van der Waals surface area contributed by atoms with Gasteiger partial charge in [-0.1, -0.05) is 43.6 Å². The summed E-state index contributed by atoms with van der Waals surface area (Å²) in [5.74, 6) is -1.10. The lowest BCUT2D eigenvalue weighted by atomic mass is 9.78. The van der Waals surface area contributed by atoms with Gasteiger partial charge in [0.15, 0.2) is 0 Å². The van der Waals surface area contributed by atoms with Crippen LogP contribution in [0, 0.1) is 17.2 Å². The fourth-order valence-corrected chi connectivity index (χ4v) is 4.39. The van der Waals surface area contributed by atoms with E-state index in [-0.39, 0.29) is 17.7 Å². The van der Waals surface area contributed by atoms with Gasteiger partial charge in [-0.2, -0.15) is 5.26 Å². The molecule has 7 nitrogen and oxygen atoms in total. The minimum absolute atomic E-state index is 0.160. The molecule has 1 aliphatic heterocycles. The molecular weight excluding hydrogens is 438 g/mol. The Kier molecular flexibility index (Phi) is 7.52. The van der Waals surface area contributed by atoms with E-state index < -0.39 is 12.0 Å². The number of nitrogens with zero attached hydrogens (tertiary/aromatic N) is 3. The first-order valence-electron chi connectivity index (χ1n) is 10.6. The van der Waals surface area contributed by atoms with E-state index in [0.29, 0.717) is 39.5 Å². The summed E-state index contributed by atoms with van der Waals surface area (Å²) >= 11 is 6.12. The summed E-state index contributed by atoms with van der Waals surface area (Å²) in [5.41, 5.74) is 8.31. The van der Waals surface area contributed by atoms with Gasteiger partial charge in [-0.05, 0) is 35.7 Å². The molecule has 0 saturated heterocycles. The van der Waals surface area contributed by atoms with Crippen LogP contribution in [0.15, 0.2) is 59.2 Å². The van der Waals surface area contributed by atoms with Crippen LogP contribution in [0.2, 0.25) is 5.02 Å². The number of rotatable bonds is 6. The molecule has 0 aromatic heterocycles. The van der Waals surface area contributed by atoms with Crippen LogP contribution in [0.1, 0.15) is 41.3 Å². The number of amides is 2. The number of hydrogen-bond acceptors (Lipinski definition) is 5. The molecule has 0 saturated carbocycles. The van der Waals surface area contributed by atoms with Gasteiger partial charge >= 0.3 is 0 Å². The van der Waals surface area contributed by atoms with Crippen LogP contribution in [-0.2, 0) is 4.79 Å². The Morgan fingerprint density at radius 3 is 2.70 bits per heavy atom. The van der Waals surface area contributed by atoms with Gasteiger partial charge in [0.25, 0.3) is 5.91 Å². The number of carbonyl (C=O) groups excluding carboxylic acids is 2. The molecule has 1 heterocycles. The monoisotopic (exact) mass is 463 g/mol. The highest BCUT2D eigenvalue weighted by atomic mass is 35.5. The summed E-state index contributed by atoms with van der Waals surface area (Å²) in [5, 5.41) is 12.5. The Labute approximate surface area is 198 Å². The second-order valence-corrected chi connectivity index (χ2v) is 8.68. The lowest BCUT2D eigenvalue weighted by Gasteiger charge is -2.42. The van der Waals surface area contributed by atoms with Gasteiger partial charge in [-0.15, -0.1) is 0 Å². The van der Waals surface area contributed by atoms with E-state index in [1.807, 2.05) is 19.9 Å². The van der Waals surface area contributed by atoms with E-state index in [4.69, 9.17) is 17.3 Å². The molecule has 0 fully saturated rings. The van der Waals surface area contributed by atoms with Crippen LogP contribution in [0.25, 0.3) is 0 Å². The maximum Gasteiger partial charge on any atom is 0.254 e. The minimum Gasteiger partial charge on any atom is -0.404 e. The largest absolute Gasteiger partial charge is 0.404 e. The number of hydrogen-bond donors (Lipinski definition) is 2. The van der Waals surface area contributed by atoms with Gasteiger partial charge in [-0.3, -0.25) is 14.6 Å². The number of nitrogens with two attached hydrogens (primary N) is 1. The number of nitriles is 1. The first-order chi connectivity index (χ1) is 15.8. The summed E-state index contributed by atoms with van der Waals surface area (Å²) in [6.07, 6.45) is 2.96. The average molecular weight is 464 g/mol. The molecule has 0 bridgehead atoms. The molecule has 0 radical (unpaired) electrons. The van der Waals surface area contributed by atoms with E-state index in [0.717, 1.165) is 0 Å². The van der Waals surface area contributed by atoms with Crippen molar-refractivity contribution in [2.75, 3.05) is 18.9 Å². The number of carbonyl (C=O) groups is 2. The predicted octanol–water partition coefficient (Wildman–Crippen LogP) is 3.96. The maximum absolute atomic E-state index is 13.7. The summed E-state index contributed by atoms with van der Waals surface area (Å²) in [4.78, 5) is 33.0. The third kappa shape index (κ3) is 5.07. The molecule has 8 heteroatoms. The molecule has 1 aliphatic rings. The maximum atomic E-state index is 13.7. The Morgan fingerprint density at radius 1 is 1.33 bits per heavy atom. The van der Waals surface area contributed by atoms with Gasteiger partial charge < -0.3 is 16.0 Å². The number of halogens is 1. The van der Waals surface area contributed by atoms with Crippen molar-refractivity contribution < 1.29 is 9.59 Å². The van der Waals surface area contributed by atoms with Gasteiger partial charge in [0, 0.05) is 47.9 Å². The second-order valence-electron chi connectivity index (χ2n) is 8.24. The minimum atomic E-state index is -0.755. The Bertz CT molecular complexity index is 1170. The van der Waals surface area contributed by atoms with Crippen molar-refractivity contribution in [2.24, 2.45) is 16.6 Å². The molecule has 0 aliphatic carbocycles. The van der Waals surface area contributed by atoms with Crippen LogP contribution in [0.4, 0.5) is 5.69 Å². The molecular formula is C25H26ClN5O2. The molecule has 33 heavy (non-hydrogen) atoms. The standard InChI is InChI=1S/C25H26ClN5O2/c1-15(2)14-31-23(17(12-28)13-29-3)22(20-6-4-5-7-21(20)25(31)33)24(32)30-19-9-16(11-27)8-18(26)10-19/h4-10,12-13,15,22-23H,14,28H2,1-3H3,(H,30,32)/t22-,23+/m1/s1. The number of anilines is 1. The highest BCUT2D eigenvalue weighted by molar-refractivity contribution is 6.31. The van der Waals surface area contributed by atoms with Crippen molar-refractivity contribution >= 4 is 35.3 Å². The van der Waals surface area contributed by atoms with Crippen LogP contribution in [-0.4, -0.2) is 42.6 Å². The summed E-state index contributed by atoms with van der Waals surface area (Å²) in [6.45, 7) is 4.45. The highest BCUT2D eigenvalue weighted by Crippen LogP contribution is 2.38. The molecule has 2 atom stereocenters. The van der Waals surface area contributed by atoms with Crippen molar-refractivity contribution in [1.29, 1.82) is 5.26 Å². The first kappa shape index (κ1) is 24.0. The van der Waals surface area contributed by atoms with E-state index >= 15 is 0 Å². The fourth-order valence-electron chi connectivity index (χ4n) is 4.15. The summed E-state index contributed by atoms with van der Waals surface area (Å²) in [6, 6.07) is 13.1. The molecule has 2 amide bonds. The number of aliphatic imine (C=N–C) groups is 1. The number of fused-ring (bicyclic) bond motifs is 1. The zero-order valence-corrected chi connectivity index (χ0v) is 19.5. The number of nitrogens with one attached hydrogen (secondary N) is 1. The lowest BCUT2D eigenvalue weighted by Crippen LogP contribution is -2.53. The molecule has 0 spiro atoms. The van der Waals surface area contributed by atoms with Crippen LogP contribution < -0.4 is 11.1 Å². The summed E-state index contributed by atoms with van der Waals surface area (Å²) in [7, 11) is 1.61. The topological polar surface area (TPSA) is 112 Å². The van der Waals surface area contributed by atoms with Gasteiger partial charge in [0.1, 0.15) is 0 Å². The van der Waals surface area contributed by atoms with Crippen molar-refractivity contribution in [2.45, 2.75) is 25.8 Å². The SMILES string of the molecule is CN=CC(=CN)[C@H]1[C@H](C(=O)Nc2cc(Cl)cc(C#N)c2)c2ccccc2C(=O)N1CC(C)C. The third-order valence-corrected chi connectivity index (χ3v) is 5.61. The Hall–Kier alpha value is -3.63. The molecule has 170 valence electrons. The molecule has 2 aromatic rings. The molecule has 3 rings (SSSR count). The predicted molar refractivity (Wildman–Crippen MR) is 130 cm³/mol. The van der Waals surface area contributed by atoms with E-state index in [9.17, 15) is 14.9 Å². The lowest BCUT2D eigenvalue weighted by molar-refractivity contribution is -0.118. The normalized spacial score (nSPS) is 18.4. The van der Waals surface area contributed by atoms with E-state index in [1.54, 1.807) is 54.6 Å². The molecule has 0 unspecified atom stereocenters. The second kappa shape index (κ2) is 10.3. The van der Waals surface area contributed by atoms with Crippen molar-refractivity contribution in [3.8, 4) is 6.07 Å². The van der Waals surface area contributed by atoms with Crippen molar-refractivity contribution in [1.82, 2.24) is 4.90 Å². The van der Waals surface area contributed by atoms with Crippen LogP contribution in [0.5, 0.6) is 0 Å². The first-order valence-corrected chi connectivity index (χ1v) is 10.9. The van der Waals surface area contributed by atoms with Gasteiger partial charge in [0.2, 0.25) is 5.91 Å². The molecule has 3 N–H and O–H groups in total. The Morgan fingerprint density at radius 2 is 2.06 bits per heavy atom. The van der Waals surface area contributed by atoms with Crippen LogP contribution in [0.3, 0.4) is 0 Å². The van der Waals surface area contributed by atoms with Crippen molar-refractivity contribution in [3.63, 3.8) is 0 Å². The van der Waals surface area contributed by atoms with Crippen LogP contribution >= 0.6 is 11.6 Å². The average Bonchev–Trinajstić information content (AvgIpc) is 2.78. The number of benzene rings is 2. The van der Waals surface area contributed by atoms with E-state index in [2.05, 4.69) is 10.3 Å². The highest BCUT2D eigenvalue weighted by Gasteiger charge is 2.44. The van der Waals surface area contributed by atoms with Gasteiger partial charge in [0.05, 0.1) is 23.6 Å². The third-order valence-electron chi connectivity index (χ3n) is 5.39.